The highest BCUT2D eigenvalue weighted by Gasteiger charge is 2.16. The maximum absolute atomic E-state index is 11.6. The van der Waals surface area contributed by atoms with Gasteiger partial charge in [-0.2, -0.15) is 0 Å². The molecule has 6 nitrogen and oxygen atoms in total. The SMILES string of the molecule is CC(CN)CC(=O)NC(C)c1nc(C(=O)O)cs1. The molecule has 1 rings (SSSR count). The van der Waals surface area contributed by atoms with E-state index in [1.165, 1.54) is 16.7 Å². The van der Waals surface area contributed by atoms with Crippen LogP contribution in [0.2, 0.25) is 0 Å². The lowest BCUT2D eigenvalue weighted by atomic mass is 10.1. The van der Waals surface area contributed by atoms with Crippen molar-refractivity contribution in [1.29, 1.82) is 0 Å². The molecule has 7 heteroatoms. The van der Waals surface area contributed by atoms with Crippen molar-refractivity contribution in [2.75, 3.05) is 6.54 Å². The Kier molecular flexibility index (Phi) is 5.24. The van der Waals surface area contributed by atoms with E-state index in [9.17, 15) is 9.59 Å². The first kappa shape index (κ1) is 14.6. The zero-order valence-electron chi connectivity index (χ0n) is 10.3. The molecule has 1 heterocycles. The van der Waals surface area contributed by atoms with Crippen molar-refractivity contribution in [3.8, 4) is 0 Å². The van der Waals surface area contributed by atoms with Crippen molar-refractivity contribution in [3.05, 3.63) is 16.1 Å². The lowest BCUT2D eigenvalue weighted by molar-refractivity contribution is -0.122. The summed E-state index contributed by atoms with van der Waals surface area (Å²) in [4.78, 5) is 26.3. The Morgan fingerprint density at radius 2 is 2.22 bits per heavy atom. The molecule has 1 aromatic rings. The van der Waals surface area contributed by atoms with Crippen molar-refractivity contribution in [2.24, 2.45) is 11.7 Å². The minimum absolute atomic E-state index is 0.00595. The number of carboxylic acids is 1. The first-order chi connectivity index (χ1) is 8.43. The normalized spacial score (nSPS) is 13.9. The molecule has 0 aliphatic carbocycles. The molecule has 1 amide bonds. The monoisotopic (exact) mass is 271 g/mol. The van der Waals surface area contributed by atoms with Crippen molar-refractivity contribution in [1.82, 2.24) is 10.3 Å². The lowest BCUT2D eigenvalue weighted by Gasteiger charge is -2.13. The highest BCUT2D eigenvalue weighted by atomic mass is 32.1. The molecule has 0 saturated heterocycles. The summed E-state index contributed by atoms with van der Waals surface area (Å²) in [7, 11) is 0. The number of nitrogens with two attached hydrogens (primary N) is 1. The summed E-state index contributed by atoms with van der Waals surface area (Å²) in [5.74, 6) is -1.04. The van der Waals surface area contributed by atoms with Crippen LogP contribution in [0.15, 0.2) is 5.38 Å². The van der Waals surface area contributed by atoms with Crippen LogP contribution in [0.1, 0.15) is 41.8 Å². The van der Waals surface area contributed by atoms with Gasteiger partial charge in [-0.05, 0) is 19.4 Å². The second-order valence-corrected chi connectivity index (χ2v) is 5.10. The fourth-order valence-electron chi connectivity index (χ4n) is 1.35. The summed E-state index contributed by atoms with van der Waals surface area (Å²) in [5.41, 5.74) is 5.45. The summed E-state index contributed by atoms with van der Waals surface area (Å²) in [6, 6.07) is -0.291. The van der Waals surface area contributed by atoms with Crippen LogP contribution in [0.3, 0.4) is 0 Å². The molecule has 0 aliphatic heterocycles. The molecule has 0 aromatic carbocycles. The molecule has 0 radical (unpaired) electrons. The first-order valence-corrected chi connectivity index (χ1v) is 6.50. The van der Waals surface area contributed by atoms with E-state index in [4.69, 9.17) is 10.8 Å². The molecular weight excluding hydrogens is 254 g/mol. The van der Waals surface area contributed by atoms with Gasteiger partial charge in [-0.1, -0.05) is 6.92 Å². The van der Waals surface area contributed by atoms with E-state index in [1.807, 2.05) is 6.92 Å². The molecule has 4 N–H and O–H groups in total. The van der Waals surface area contributed by atoms with Gasteiger partial charge in [0.1, 0.15) is 5.01 Å². The smallest absolute Gasteiger partial charge is 0.355 e. The van der Waals surface area contributed by atoms with Gasteiger partial charge in [-0.3, -0.25) is 4.79 Å². The fourth-order valence-corrected chi connectivity index (χ4v) is 2.15. The summed E-state index contributed by atoms with van der Waals surface area (Å²) < 4.78 is 0. The van der Waals surface area contributed by atoms with Crippen molar-refractivity contribution in [2.45, 2.75) is 26.3 Å². The molecular formula is C11H17N3O3S. The Hall–Kier alpha value is -1.47. The number of thiazole rings is 1. The Morgan fingerprint density at radius 1 is 1.56 bits per heavy atom. The van der Waals surface area contributed by atoms with E-state index in [2.05, 4.69) is 10.3 Å². The van der Waals surface area contributed by atoms with Gasteiger partial charge in [0.05, 0.1) is 6.04 Å². The van der Waals surface area contributed by atoms with Gasteiger partial charge in [0.15, 0.2) is 5.69 Å². The molecule has 0 saturated carbocycles. The zero-order valence-corrected chi connectivity index (χ0v) is 11.2. The molecule has 100 valence electrons. The van der Waals surface area contributed by atoms with Gasteiger partial charge in [-0.25, -0.2) is 9.78 Å². The van der Waals surface area contributed by atoms with Crippen LogP contribution in [0.4, 0.5) is 0 Å². The van der Waals surface area contributed by atoms with Gasteiger partial charge >= 0.3 is 5.97 Å². The van der Waals surface area contributed by atoms with Crippen LogP contribution in [0, 0.1) is 5.92 Å². The van der Waals surface area contributed by atoms with E-state index in [0.717, 1.165) is 0 Å². The highest BCUT2D eigenvalue weighted by Crippen LogP contribution is 2.18. The van der Waals surface area contributed by atoms with E-state index in [0.29, 0.717) is 18.0 Å². The molecule has 0 bridgehead atoms. The van der Waals surface area contributed by atoms with Crippen LogP contribution in [-0.4, -0.2) is 28.5 Å². The lowest BCUT2D eigenvalue weighted by Crippen LogP contribution is -2.29. The average Bonchev–Trinajstić information content (AvgIpc) is 2.77. The Morgan fingerprint density at radius 3 is 2.72 bits per heavy atom. The number of amides is 1. The van der Waals surface area contributed by atoms with E-state index in [-0.39, 0.29) is 23.6 Å². The predicted octanol–water partition coefficient (Wildman–Crippen LogP) is 1.00. The first-order valence-electron chi connectivity index (χ1n) is 5.62. The molecule has 1 aromatic heterocycles. The third-order valence-electron chi connectivity index (χ3n) is 2.43. The van der Waals surface area contributed by atoms with Crippen molar-refractivity contribution >= 4 is 23.2 Å². The van der Waals surface area contributed by atoms with Gasteiger partial charge in [0, 0.05) is 11.8 Å². The van der Waals surface area contributed by atoms with Crippen molar-refractivity contribution < 1.29 is 14.7 Å². The number of carboxylic acid groups (broad SMARTS) is 1. The second-order valence-electron chi connectivity index (χ2n) is 4.21. The summed E-state index contributed by atoms with van der Waals surface area (Å²) in [6.45, 7) is 4.13. The van der Waals surface area contributed by atoms with E-state index >= 15 is 0 Å². The summed E-state index contributed by atoms with van der Waals surface area (Å²) >= 11 is 1.22. The zero-order chi connectivity index (χ0) is 13.7. The molecule has 0 aliphatic rings. The quantitative estimate of drug-likeness (QED) is 0.716. The third kappa shape index (κ3) is 4.08. The van der Waals surface area contributed by atoms with Gasteiger partial charge in [0.25, 0.3) is 0 Å². The van der Waals surface area contributed by atoms with Crippen molar-refractivity contribution in [3.63, 3.8) is 0 Å². The number of aromatic carboxylic acids is 1. The van der Waals surface area contributed by atoms with Gasteiger partial charge in [-0.15, -0.1) is 11.3 Å². The fraction of sp³-hybridized carbons (Fsp3) is 0.545. The Bertz CT molecular complexity index is 433. The average molecular weight is 271 g/mol. The maximum atomic E-state index is 11.6. The molecule has 18 heavy (non-hydrogen) atoms. The minimum atomic E-state index is -1.06. The number of hydrogen-bond acceptors (Lipinski definition) is 5. The topological polar surface area (TPSA) is 105 Å². The predicted molar refractivity (Wildman–Crippen MR) is 68.5 cm³/mol. The molecule has 2 atom stereocenters. The molecule has 2 unspecified atom stereocenters. The Balaban J connectivity index is 2.56. The summed E-state index contributed by atoms with van der Waals surface area (Å²) in [6.07, 6.45) is 0.359. The molecule has 0 fully saturated rings. The number of aromatic nitrogens is 1. The largest absolute Gasteiger partial charge is 0.476 e. The van der Waals surface area contributed by atoms with E-state index < -0.39 is 5.97 Å². The van der Waals surface area contributed by atoms with Crippen LogP contribution in [0.5, 0.6) is 0 Å². The van der Waals surface area contributed by atoms with Crippen LogP contribution < -0.4 is 11.1 Å². The highest BCUT2D eigenvalue weighted by molar-refractivity contribution is 7.09. The Labute approximate surface area is 109 Å². The third-order valence-corrected chi connectivity index (χ3v) is 3.45. The van der Waals surface area contributed by atoms with E-state index in [1.54, 1.807) is 6.92 Å². The van der Waals surface area contributed by atoms with Gasteiger partial charge < -0.3 is 16.2 Å². The summed E-state index contributed by atoms with van der Waals surface area (Å²) in [5, 5.41) is 13.6. The number of carbonyl (C=O) groups is 2. The standard InChI is InChI=1S/C11H17N3O3S/c1-6(4-12)3-9(15)13-7(2)10-14-8(5-18-10)11(16)17/h5-7H,3-4,12H2,1-2H3,(H,13,15)(H,16,17). The number of rotatable bonds is 6. The van der Waals surface area contributed by atoms with Crippen LogP contribution in [-0.2, 0) is 4.79 Å². The minimum Gasteiger partial charge on any atom is -0.476 e. The number of carbonyl (C=O) groups excluding carboxylic acids is 1. The maximum Gasteiger partial charge on any atom is 0.355 e. The number of nitrogens with zero attached hydrogens (tertiary/aromatic N) is 1. The van der Waals surface area contributed by atoms with Crippen LogP contribution >= 0.6 is 11.3 Å². The second kappa shape index (κ2) is 6.46. The number of hydrogen-bond donors (Lipinski definition) is 3. The van der Waals surface area contributed by atoms with Gasteiger partial charge in [0.2, 0.25) is 5.91 Å². The number of nitrogens with one attached hydrogen (secondary N) is 1. The molecule has 0 spiro atoms. The van der Waals surface area contributed by atoms with Crippen LogP contribution in [0.25, 0.3) is 0 Å².